The maximum atomic E-state index is 12.4. The van der Waals surface area contributed by atoms with Crippen molar-refractivity contribution in [3.05, 3.63) is 59.9 Å². The molecule has 9 heteroatoms. The number of carbonyl (C=O) groups excluding carboxylic acids is 2. The maximum Gasteiger partial charge on any atom is 0.234 e. The van der Waals surface area contributed by atoms with Crippen LogP contribution in [0.25, 0.3) is 0 Å². The van der Waals surface area contributed by atoms with Crippen molar-refractivity contribution in [1.82, 2.24) is 14.8 Å². The van der Waals surface area contributed by atoms with Crippen LogP contribution in [0, 0.1) is 6.92 Å². The number of aromatic nitrogens is 3. The summed E-state index contributed by atoms with van der Waals surface area (Å²) in [5, 5.41) is 14.4. The Balaban J connectivity index is 1.54. The van der Waals surface area contributed by atoms with Gasteiger partial charge in [0.15, 0.2) is 5.16 Å². The molecular formula is C21H23N5O3S. The lowest BCUT2D eigenvalue weighted by molar-refractivity contribution is -0.116. The molecule has 0 aliphatic carbocycles. The van der Waals surface area contributed by atoms with Gasteiger partial charge in [0, 0.05) is 12.7 Å². The van der Waals surface area contributed by atoms with Gasteiger partial charge in [0.05, 0.1) is 25.0 Å². The van der Waals surface area contributed by atoms with Crippen LogP contribution in [0.2, 0.25) is 0 Å². The Morgan fingerprint density at radius 1 is 1.03 bits per heavy atom. The number of methoxy groups -OCH3 is 1. The van der Waals surface area contributed by atoms with E-state index in [0.29, 0.717) is 22.4 Å². The van der Waals surface area contributed by atoms with Crippen LogP contribution in [0.1, 0.15) is 11.4 Å². The van der Waals surface area contributed by atoms with E-state index in [4.69, 9.17) is 4.74 Å². The number of nitrogens with one attached hydrogen (secondary N) is 2. The number of aryl methyl sites for hydroxylation is 1. The lowest BCUT2D eigenvalue weighted by Crippen LogP contribution is -2.17. The van der Waals surface area contributed by atoms with Crippen molar-refractivity contribution in [1.29, 1.82) is 0 Å². The number of ether oxygens (including phenoxy) is 1. The lowest BCUT2D eigenvalue weighted by Gasteiger charge is -2.09. The van der Waals surface area contributed by atoms with Crippen LogP contribution in [0.4, 0.5) is 11.4 Å². The molecule has 0 spiro atoms. The normalized spacial score (nSPS) is 10.5. The van der Waals surface area contributed by atoms with Gasteiger partial charge in [0.25, 0.3) is 0 Å². The molecule has 8 nitrogen and oxygen atoms in total. The Morgan fingerprint density at radius 3 is 2.50 bits per heavy atom. The summed E-state index contributed by atoms with van der Waals surface area (Å²) in [4.78, 5) is 24.6. The van der Waals surface area contributed by atoms with Gasteiger partial charge in [-0.25, -0.2) is 0 Å². The highest BCUT2D eigenvalue weighted by atomic mass is 32.2. The molecule has 0 fully saturated rings. The average molecular weight is 426 g/mol. The number of thioether (sulfide) groups is 1. The minimum atomic E-state index is -0.233. The molecule has 0 aliphatic rings. The van der Waals surface area contributed by atoms with Gasteiger partial charge in [-0.1, -0.05) is 41.6 Å². The molecule has 0 unspecified atom stereocenters. The molecule has 0 saturated heterocycles. The summed E-state index contributed by atoms with van der Waals surface area (Å²) in [6.07, 6.45) is 0.0532. The number of hydrogen-bond acceptors (Lipinski definition) is 6. The molecule has 1 heterocycles. The average Bonchev–Trinajstić information content (AvgIpc) is 3.08. The zero-order valence-electron chi connectivity index (χ0n) is 17.0. The highest BCUT2D eigenvalue weighted by Gasteiger charge is 2.15. The van der Waals surface area contributed by atoms with Gasteiger partial charge in [0.2, 0.25) is 11.8 Å². The van der Waals surface area contributed by atoms with Gasteiger partial charge in [-0.2, -0.15) is 0 Å². The second-order valence-corrected chi connectivity index (χ2v) is 7.53. The molecule has 0 radical (unpaired) electrons. The molecule has 0 atom stereocenters. The van der Waals surface area contributed by atoms with E-state index < -0.39 is 0 Å². The largest absolute Gasteiger partial charge is 0.495 e. The van der Waals surface area contributed by atoms with Gasteiger partial charge in [0.1, 0.15) is 11.6 Å². The number of hydrogen-bond donors (Lipinski definition) is 2. The Morgan fingerprint density at radius 2 is 1.77 bits per heavy atom. The molecule has 2 N–H and O–H groups in total. The molecular weight excluding hydrogens is 402 g/mol. The van der Waals surface area contributed by atoms with Gasteiger partial charge in [-0.15, -0.1) is 10.2 Å². The van der Waals surface area contributed by atoms with Gasteiger partial charge in [-0.05, 0) is 31.2 Å². The topological polar surface area (TPSA) is 98.1 Å². The molecule has 0 saturated carbocycles. The van der Waals surface area contributed by atoms with Gasteiger partial charge >= 0.3 is 0 Å². The predicted octanol–water partition coefficient (Wildman–Crippen LogP) is 3.04. The van der Waals surface area contributed by atoms with Crippen molar-refractivity contribution in [2.45, 2.75) is 18.5 Å². The molecule has 0 aliphatic heterocycles. The fraction of sp³-hybridized carbons (Fsp3) is 0.238. The van der Waals surface area contributed by atoms with Crippen LogP contribution >= 0.6 is 11.8 Å². The van der Waals surface area contributed by atoms with E-state index in [-0.39, 0.29) is 24.0 Å². The number of nitrogens with zero attached hydrogens (tertiary/aromatic N) is 3. The Bertz CT molecular complexity index is 1030. The first-order chi connectivity index (χ1) is 14.5. The molecule has 3 rings (SSSR count). The van der Waals surface area contributed by atoms with Crippen molar-refractivity contribution >= 4 is 35.0 Å². The summed E-state index contributed by atoms with van der Waals surface area (Å²) in [6.45, 7) is 1.99. The van der Waals surface area contributed by atoms with Crippen molar-refractivity contribution in [3.8, 4) is 5.75 Å². The van der Waals surface area contributed by atoms with E-state index in [2.05, 4.69) is 20.8 Å². The molecule has 2 amide bonds. The van der Waals surface area contributed by atoms with Crippen molar-refractivity contribution < 1.29 is 14.3 Å². The predicted molar refractivity (Wildman–Crippen MR) is 117 cm³/mol. The molecule has 2 aromatic carbocycles. The van der Waals surface area contributed by atoms with Crippen LogP contribution in [0.15, 0.2) is 53.7 Å². The fourth-order valence-electron chi connectivity index (χ4n) is 2.67. The molecule has 30 heavy (non-hydrogen) atoms. The number of rotatable bonds is 8. The molecule has 0 bridgehead atoms. The smallest absolute Gasteiger partial charge is 0.234 e. The summed E-state index contributed by atoms with van der Waals surface area (Å²) >= 11 is 1.26. The Hall–Kier alpha value is -3.33. The first-order valence-electron chi connectivity index (χ1n) is 9.26. The summed E-state index contributed by atoms with van der Waals surface area (Å²) in [5.41, 5.74) is 2.47. The van der Waals surface area contributed by atoms with Crippen molar-refractivity contribution in [3.63, 3.8) is 0 Å². The number of benzene rings is 2. The minimum absolute atomic E-state index is 0.0532. The van der Waals surface area contributed by atoms with E-state index >= 15 is 0 Å². The first-order valence-corrected chi connectivity index (χ1v) is 10.3. The fourth-order valence-corrected chi connectivity index (χ4v) is 3.40. The van der Waals surface area contributed by atoms with Crippen molar-refractivity contribution in [2.75, 3.05) is 23.5 Å². The van der Waals surface area contributed by atoms with E-state index in [0.717, 1.165) is 11.3 Å². The third-order valence-corrected chi connectivity index (χ3v) is 5.31. The van der Waals surface area contributed by atoms with E-state index in [1.54, 1.807) is 30.9 Å². The van der Waals surface area contributed by atoms with E-state index in [1.165, 1.54) is 11.8 Å². The minimum Gasteiger partial charge on any atom is -0.495 e. The third-order valence-electron chi connectivity index (χ3n) is 4.29. The van der Waals surface area contributed by atoms with E-state index in [1.807, 2.05) is 43.3 Å². The number of carbonyl (C=O) groups is 2. The highest BCUT2D eigenvalue weighted by Crippen LogP contribution is 2.23. The summed E-state index contributed by atoms with van der Waals surface area (Å²) in [6, 6.07) is 14.8. The van der Waals surface area contributed by atoms with Crippen LogP contribution in [0.3, 0.4) is 0 Å². The van der Waals surface area contributed by atoms with Crippen LogP contribution in [-0.2, 0) is 23.1 Å². The molecule has 156 valence electrons. The summed E-state index contributed by atoms with van der Waals surface area (Å²) in [5.74, 6) is 0.905. The Kier molecular flexibility index (Phi) is 7.08. The standard InChI is InChI=1S/C21H23N5O3S/c1-14-8-10-15(11-9-14)22-20(28)13-30-21-25-24-18(26(21)2)12-19(27)23-16-6-4-5-7-17(16)29-3/h4-11H,12-13H2,1-3H3,(H,22,28)(H,23,27). The second-order valence-electron chi connectivity index (χ2n) is 6.59. The second kappa shape index (κ2) is 9.93. The first kappa shape index (κ1) is 21.4. The third kappa shape index (κ3) is 5.60. The molecule has 1 aromatic heterocycles. The quantitative estimate of drug-likeness (QED) is 0.539. The van der Waals surface area contributed by atoms with Crippen LogP contribution in [0.5, 0.6) is 5.75 Å². The summed E-state index contributed by atoms with van der Waals surface area (Å²) in [7, 11) is 3.32. The van der Waals surface area contributed by atoms with Gasteiger partial charge in [-0.3, -0.25) is 9.59 Å². The SMILES string of the molecule is COc1ccccc1NC(=O)Cc1nnc(SCC(=O)Nc2ccc(C)cc2)n1C. The molecule has 3 aromatic rings. The van der Waals surface area contributed by atoms with Crippen LogP contribution in [-0.4, -0.2) is 39.4 Å². The van der Waals surface area contributed by atoms with Crippen LogP contribution < -0.4 is 15.4 Å². The number of anilines is 2. The number of para-hydroxylation sites is 2. The monoisotopic (exact) mass is 425 g/mol. The highest BCUT2D eigenvalue weighted by molar-refractivity contribution is 7.99. The number of amides is 2. The van der Waals surface area contributed by atoms with Gasteiger partial charge < -0.3 is 19.9 Å². The van der Waals surface area contributed by atoms with E-state index in [9.17, 15) is 9.59 Å². The summed E-state index contributed by atoms with van der Waals surface area (Å²) < 4.78 is 6.95. The zero-order valence-corrected chi connectivity index (χ0v) is 17.8. The Labute approximate surface area is 179 Å². The van der Waals surface area contributed by atoms with Crippen molar-refractivity contribution in [2.24, 2.45) is 7.05 Å². The zero-order chi connectivity index (χ0) is 21.5. The lowest BCUT2D eigenvalue weighted by atomic mass is 10.2. The maximum absolute atomic E-state index is 12.4.